The minimum absolute atomic E-state index is 0.179. The first-order valence-electron chi connectivity index (χ1n) is 19.4. The van der Waals surface area contributed by atoms with Gasteiger partial charge in [-0.2, -0.15) is 0 Å². The lowest BCUT2D eigenvalue weighted by Gasteiger charge is -2.16. The van der Waals surface area contributed by atoms with Crippen LogP contribution in [-0.4, -0.2) is 41.8 Å². The number of rotatable bonds is 36. The molecule has 5 heteroatoms. The zero-order valence-electron chi connectivity index (χ0n) is 29.6. The first-order valence-corrected chi connectivity index (χ1v) is 19.4. The summed E-state index contributed by atoms with van der Waals surface area (Å²) in [5.41, 5.74) is 0. The highest BCUT2D eigenvalue weighted by atomic mass is 16.7. The van der Waals surface area contributed by atoms with E-state index in [2.05, 4.69) is 26.0 Å². The van der Waals surface area contributed by atoms with Gasteiger partial charge in [0.25, 0.3) is 0 Å². The molecule has 0 aromatic heterocycles. The molecule has 0 fully saturated rings. The zero-order chi connectivity index (χ0) is 32.2. The largest absolute Gasteiger partial charge is 0.506 e. The molecule has 0 radical (unpaired) electrons. The monoisotopic (exact) mass is 625 g/mol. The summed E-state index contributed by atoms with van der Waals surface area (Å²) in [4.78, 5) is 11.1. The number of hydrogen-bond acceptors (Lipinski definition) is 4. The van der Waals surface area contributed by atoms with E-state index in [1.807, 2.05) is 0 Å². The molecular formula is C39H76O5. The van der Waals surface area contributed by atoms with E-state index in [0.29, 0.717) is 13.2 Å². The number of unbranched alkanes of at least 4 members (excludes halogenated alkanes) is 24. The van der Waals surface area contributed by atoms with Crippen molar-refractivity contribution >= 4 is 6.16 Å². The summed E-state index contributed by atoms with van der Waals surface area (Å²) in [5.74, 6) is 0. The first kappa shape index (κ1) is 42.9. The SMILES string of the molecule is CCCCCCCCCCCCCCCCCCOCC(CCCCCCCCC=CCC(O)CCCCCC)OC(=O)O. The molecule has 0 aromatic rings. The van der Waals surface area contributed by atoms with E-state index in [1.54, 1.807) is 0 Å². The second-order valence-corrected chi connectivity index (χ2v) is 13.3. The number of aliphatic hydroxyl groups is 1. The lowest BCUT2D eigenvalue weighted by atomic mass is 10.0. The van der Waals surface area contributed by atoms with Crippen molar-refractivity contribution in [3.05, 3.63) is 12.2 Å². The summed E-state index contributed by atoms with van der Waals surface area (Å²) in [6.07, 6.45) is 39.7. The van der Waals surface area contributed by atoms with E-state index >= 15 is 0 Å². The average Bonchev–Trinajstić information content (AvgIpc) is 3.00. The Kier molecular flexibility index (Phi) is 35.5. The highest BCUT2D eigenvalue weighted by Gasteiger charge is 2.13. The molecule has 2 unspecified atom stereocenters. The fraction of sp³-hybridized carbons (Fsp3) is 0.923. The number of allylic oxidation sites excluding steroid dienone is 1. The topological polar surface area (TPSA) is 76.0 Å². The first-order chi connectivity index (χ1) is 21.6. The van der Waals surface area contributed by atoms with E-state index in [-0.39, 0.29) is 12.2 Å². The van der Waals surface area contributed by atoms with Gasteiger partial charge in [-0.05, 0) is 44.9 Å². The molecule has 0 saturated carbocycles. The van der Waals surface area contributed by atoms with Crippen molar-refractivity contribution < 1.29 is 24.5 Å². The number of carbonyl (C=O) groups is 1. The Labute approximate surface area is 274 Å². The standard InChI is InChI=1S/C39H76O5/c1-3-5-7-9-10-11-12-13-14-15-16-17-21-24-27-31-35-43-36-38(44-39(41)42)34-30-26-23-20-18-19-22-25-29-33-37(40)32-28-8-6-4-2/h25,29,37-38,40H,3-24,26-28,30-36H2,1-2H3,(H,41,42). The van der Waals surface area contributed by atoms with Crippen molar-refractivity contribution in [1.82, 2.24) is 0 Å². The van der Waals surface area contributed by atoms with Gasteiger partial charge in [0, 0.05) is 6.61 Å². The van der Waals surface area contributed by atoms with Crippen LogP contribution in [0, 0.1) is 0 Å². The summed E-state index contributed by atoms with van der Waals surface area (Å²) in [6.45, 7) is 5.57. The van der Waals surface area contributed by atoms with Crippen LogP contribution in [0.25, 0.3) is 0 Å². The third-order valence-electron chi connectivity index (χ3n) is 8.83. The average molecular weight is 625 g/mol. The van der Waals surface area contributed by atoms with Crippen molar-refractivity contribution in [3.63, 3.8) is 0 Å². The van der Waals surface area contributed by atoms with Crippen molar-refractivity contribution in [1.29, 1.82) is 0 Å². The number of ether oxygens (including phenoxy) is 2. The van der Waals surface area contributed by atoms with Crippen molar-refractivity contribution in [2.45, 2.75) is 219 Å². The van der Waals surface area contributed by atoms with Gasteiger partial charge >= 0.3 is 6.16 Å². The molecule has 0 aliphatic heterocycles. The summed E-state index contributed by atoms with van der Waals surface area (Å²) in [5, 5.41) is 19.1. The van der Waals surface area contributed by atoms with Crippen LogP contribution in [0.4, 0.5) is 4.79 Å². The van der Waals surface area contributed by atoms with E-state index < -0.39 is 6.16 Å². The molecule has 0 saturated heterocycles. The van der Waals surface area contributed by atoms with Gasteiger partial charge in [0.2, 0.25) is 0 Å². The Hall–Kier alpha value is -1.07. The molecule has 0 aromatic carbocycles. The van der Waals surface area contributed by atoms with E-state index in [9.17, 15) is 9.90 Å². The quantitative estimate of drug-likeness (QED) is 0.0412. The summed E-state index contributed by atoms with van der Waals surface area (Å²) in [6, 6.07) is 0. The van der Waals surface area contributed by atoms with Gasteiger partial charge in [-0.25, -0.2) is 4.79 Å². The molecule has 2 N–H and O–H groups in total. The Bertz CT molecular complexity index is 593. The Balaban J connectivity index is 3.55. The van der Waals surface area contributed by atoms with Crippen molar-refractivity contribution in [2.24, 2.45) is 0 Å². The minimum Gasteiger partial charge on any atom is -0.450 e. The highest BCUT2D eigenvalue weighted by molar-refractivity contribution is 5.57. The van der Waals surface area contributed by atoms with Gasteiger partial charge in [0.05, 0.1) is 12.7 Å². The smallest absolute Gasteiger partial charge is 0.450 e. The molecule has 0 bridgehead atoms. The van der Waals surface area contributed by atoms with Crippen LogP contribution in [-0.2, 0) is 9.47 Å². The number of carboxylic acid groups (broad SMARTS) is 1. The predicted octanol–water partition coefficient (Wildman–Crippen LogP) is 12.7. The van der Waals surface area contributed by atoms with Gasteiger partial charge in [-0.1, -0.05) is 174 Å². The van der Waals surface area contributed by atoms with Gasteiger partial charge in [-0.3, -0.25) is 0 Å². The van der Waals surface area contributed by atoms with Gasteiger partial charge in [0.1, 0.15) is 6.10 Å². The van der Waals surface area contributed by atoms with E-state index in [0.717, 1.165) is 51.4 Å². The molecule has 0 aliphatic carbocycles. The van der Waals surface area contributed by atoms with Crippen LogP contribution in [0.3, 0.4) is 0 Å². The minimum atomic E-state index is -1.20. The number of aliphatic hydroxyl groups excluding tert-OH is 1. The van der Waals surface area contributed by atoms with Crippen LogP contribution < -0.4 is 0 Å². The van der Waals surface area contributed by atoms with Crippen LogP contribution >= 0.6 is 0 Å². The maximum absolute atomic E-state index is 11.1. The third kappa shape index (κ3) is 35.4. The molecule has 0 amide bonds. The maximum Gasteiger partial charge on any atom is 0.506 e. The van der Waals surface area contributed by atoms with Gasteiger partial charge < -0.3 is 19.7 Å². The second-order valence-electron chi connectivity index (χ2n) is 13.3. The molecule has 0 rings (SSSR count). The second kappa shape index (κ2) is 36.4. The fourth-order valence-corrected chi connectivity index (χ4v) is 5.92. The molecular weight excluding hydrogens is 548 g/mol. The lowest BCUT2D eigenvalue weighted by molar-refractivity contribution is -0.00676. The lowest BCUT2D eigenvalue weighted by Crippen LogP contribution is -2.23. The summed E-state index contributed by atoms with van der Waals surface area (Å²) in [7, 11) is 0. The molecule has 262 valence electrons. The van der Waals surface area contributed by atoms with Crippen LogP contribution in [0.1, 0.15) is 206 Å². The van der Waals surface area contributed by atoms with E-state index in [4.69, 9.17) is 14.6 Å². The fourth-order valence-electron chi connectivity index (χ4n) is 5.92. The van der Waals surface area contributed by atoms with Crippen molar-refractivity contribution in [3.8, 4) is 0 Å². The normalized spacial score (nSPS) is 13.1. The number of hydrogen-bond donors (Lipinski definition) is 2. The van der Waals surface area contributed by atoms with Crippen molar-refractivity contribution in [2.75, 3.05) is 13.2 Å². The summed E-state index contributed by atoms with van der Waals surface area (Å²) >= 11 is 0. The molecule has 44 heavy (non-hydrogen) atoms. The van der Waals surface area contributed by atoms with Gasteiger partial charge in [-0.15, -0.1) is 0 Å². The molecule has 0 spiro atoms. The van der Waals surface area contributed by atoms with Crippen LogP contribution in [0.15, 0.2) is 12.2 Å². The third-order valence-corrected chi connectivity index (χ3v) is 8.83. The predicted molar refractivity (Wildman–Crippen MR) is 189 cm³/mol. The summed E-state index contributed by atoms with van der Waals surface area (Å²) < 4.78 is 10.9. The molecule has 5 nitrogen and oxygen atoms in total. The zero-order valence-corrected chi connectivity index (χ0v) is 29.6. The van der Waals surface area contributed by atoms with E-state index in [1.165, 1.54) is 141 Å². The Morgan fingerprint density at radius 1 is 0.568 bits per heavy atom. The van der Waals surface area contributed by atoms with Gasteiger partial charge in [0.15, 0.2) is 0 Å². The molecule has 0 heterocycles. The van der Waals surface area contributed by atoms with Crippen LogP contribution in [0.5, 0.6) is 0 Å². The Morgan fingerprint density at radius 3 is 1.52 bits per heavy atom. The molecule has 2 atom stereocenters. The molecule has 0 aliphatic rings. The van der Waals surface area contributed by atoms with Crippen LogP contribution in [0.2, 0.25) is 0 Å². The maximum atomic E-state index is 11.1. The highest BCUT2D eigenvalue weighted by Crippen LogP contribution is 2.15. The Morgan fingerprint density at radius 2 is 1.00 bits per heavy atom.